The lowest BCUT2D eigenvalue weighted by Crippen LogP contribution is -2.35. The highest BCUT2D eigenvalue weighted by Crippen LogP contribution is 2.16. The van der Waals surface area contributed by atoms with Crippen molar-refractivity contribution in [1.82, 2.24) is 15.1 Å². The number of rotatable bonds is 6. The highest BCUT2D eigenvalue weighted by atomic mass is 19.1. The van der Waals surface area contributed by atoms with Crippen LogP contribution in [-0.2, 0) is 6.42 Å². The molecule has 1 aromatic heterocycles. The van der Waals surface area contributed by atoms with Crippen LogP contribution >= 0.6 is 0 Å². The molecule has 1 unspecified atom stereocenters. The molecule has 5 nitrogen and oxygen atoms in total. The Labute approximate surface area is 135 Å². The molecule has 2 aromatic rings. The minimum absolute atomic E-state index is 0.0721. The molecule has 0 bridgehead atoms. The molecule has 2 rings (SSSR count). The molecule has 23 heavy (non-hydrogen) atoms. The summed E-state index contributed by atoms with van der Waals surface area (Å²) in [5, 5.41) is 16.8. The van der Waals surface area contributed by atoms with Gasteiger partial charge in [-0.05, 0) is 36.6 Å². The summed E-state index contributed by atoms with van der Waals surface area (Å²) in [6.45, 7) is 5.90. The van der Waals surface area contributed by atoms with Crippen molar-refractivity contribution in [3.05, 3.63) is 47.5 Å². The largest absolute Gasteiger partial charge is 0.391 e. The predicted molar refractivity (Wildman–Crippen MR) is 86.1 cm³/mol. The van der Waals surface area contributed by atoms with Gasteiger partial charge in [0.2, 0.25) is 0 Å². The van der Waals surface area contributed by atoms with E-state index in [9.17, 15) is 14.3 Å². The maximum Gasteiger partial charge on any atom is 0.254 e. The van der Waals surface area contributed by atoms with Gasteiger partial charge in [0.05, 0.1) is 29.2 Å². The Hall–Kier alpha value is -2.21. The van der Waals surface area contributed by atoms with E-state index in [4.69, 9.17) is 0 Å². The van der Waals surface area contributed by atoms with E-state index in [1.807, 2.05) is 20.8 Å². The van der Waals surface area contributed by atoms with Crippen LogP contribution in [0.1, 0.15) is 36.8 Å². The third-order valence-electron chi connectivity index (χ3n) is 3.76. The monoisotopic (exact) mass is 319 g/mol. The number of aliphatic hydroxyl groups excluding tert-OH is 1. The van der Waals surface area contributed by atoms with Crippen LogP contribution in [0.4, 0.5) is 4.39 Å². The number of carbonyl (C=O) groups is 1. The van der Waals surface area contributed by atoms with E-state index in [2.05, 4.69) is 10.4 Å². The zero-order valence-electron chi connectivity index (χ0n) is 13.6. The number of benzene rings is 1. The minimum Gasteiger partial charge on any atom is -0.391 e. The first-order valence-corrected chi connectivity index (χ1v) is 7.73. The van der Waals surface area contributed by atoms with Gasteiger partial charge in [-0.2, -0.15) is 5.10 Å². The average Bonchev–Trinajstić information content (AvgIpc) is 2.96. The summed E-state index contributed by atoms with van der Waals surface area (Å²) in [4.78, 5) is 12.3. The first-order chi connectivity index (χ1) is 10.9. The number of nitrogens with one attached hydrogen (secondary N) is 1. The van der Waals surface area contributed by atoms with E-state index in [1.54, 1.807) is 16.8 Å². The van der Waals surface area contributed by atoms with E-state index < -0.39 is 6.10 Å². The first kappa shape index (κ1) is 17.1. The van der Waals surface area contributed by atoms with Gasteiger partial charge in [0.1, 0.15) is 5.82 Å². The van der Waals surface area contributed by atoms with Gasteiger partial charge in [0.15, 0.2) is 0 Å². The second kappa shape index (κ2) is 7.37. The fourth-order valence-corrected chi connectivity index (χ4v) is 2.24. The number of hydrogen-bond acceptors (Lipinski definition) is 3. The molecule has 0 aliphatic carbocycles. The SMILES string of the molecule is CCc1c(C(=O)NCC(O)C(C)C)cnn1-c1ccc(F)cc1. The molecule has 0 fully saturated rings. The highest BCUT2D eigenvalue weighted by Gasteiger charge is 2.18. The zero-order valence-corrected chi connectivity index (χ0v) is 13.6. The van der Waals surface area contributed by atoms with Gasteiger partial charge in [0.25, 0.3) is 5.91 Å². The van der Waals surface area contributed by atoms with Crippen molar-refractivity contribution >= 4 is 5.91 Å². The Bertz CT molecular complexity index is 665. The molecule has 0 aliphatic rings. The molecule has 124 valence electrons. The lowest BCUT2D eigenvalue weighted by molar-refractivity contribution is 0.0870. The van der Waals surface area contributed by atoms with E-state index in [0.717, 1.165) is 5.69 Å². The normalized spacial score (nSPS) is 12.4. The first-order valence-electron chi connectivity index (χ1n) is 7.73. The maximum atomic E-state index is 13.0. The van der Waals surface area contributed by atoms with Crippen LogP contribution in [-0.4, -0.2) is 33.4 Å². The topological polar surface area (TPSA) is 67.2 Å². The minimum atomic E-state index is -0.587. The van der Waals surface area contributed by atoms with Gasteiger partial charge in [-0.25, -0.2) is 9.07 Å². The summed E-state index contributed by atoms with van der Waals surface area (Å²) in [6, 6.07) is 5.95. The van der Waals surface area contributed by atoms with Gasteiger partial charge < -0.3 is 10.4 Å². The number of aliphatic hydroxyl groups is 1. The summed E-state index contributed by atoms with van der Waals surface area (Å²) in [7, 11) is 0. The van der Waals surface area contributed by atoms with E-state index in [0.29, 0.717) is 17.7 Å². The van der Waals surface area contributed by atoms with Crippen molar-refractivity contribution in [2.75, 3.05) is 6.54 Å². The zero-order chi connectivity index (χ0) is 17.0. The molecule has 1 heterocycles. The molecule has 2 N–H and O–H groups in total. The van der Waals surface area contributed by atoms with Crippen LogP contribution in [0.15, 0.2) is 30.5 Å². The van der Waals surface area contributed by atoms with Crippen molar-refractivity contribution < 1.29 is 14.3 Å². The molecule has 0 saturated carbocycles. The second-order valence-electron chi connectivity index (χ2n) is 5.77. The molecule has 0 radical (unpaired) electrons. The number of amides is 1. The summed E-state index contributed by atoms with van der Waals surface area (Å²) in [6.07, 6.45) is 1.52. The Morgan fingerprint density at radius 2 is 2.00 bits per heavy atom. The predicted octanol–water partition coefficient (Wildman–Crippen LogP) is 2.32. The Kier molecular flexibility index (Phi) is 5.50. The summed E-state index contributed by atoms with van der Waals surface area (Å²) < 4.78 is 14.7. The van der Waals surface area contributed by atoms with Crippen molar-refractivity contribution in [3.63, 3.8) is 0 Å². The molecule has 1 aromatic carbocycles. The third kappa shape index (κ3) is 3.96. The van der Waals surface area contributed by atoms with Crippen molar-refractivity contribution in [2.45, 2.75) is 33.3 Å². The van der Waals surface area contributed by atoms with Gasteiger partial charge in [-0.3, -0.25) is 4.79 Å². The van der Waals surface area contributed by atoms with E-state index in [1.165, 1.54) is 18.3 Å². The van der Waals surface area contributed by atoms with Crippen molar-refractivity contribution in [2.24, 2.45) is 5.92 Å². The molecule has 1 amide bonds. The lowest BCUT2D eigenvalue weighted by atomic mass is 10.1. The smallest absolute Gasteiger partial charge is 0.254 e. The molecule has 0 saturated heterocycles. The van der Waals surface area contributed by atoms with Crippen molar-refractivity contribution in [3.8, 4) is 5.69 Å². The van der Waals surface area contributed by atoms with Crippen LogP contribution in [0.5, 0.6) is 0 Å². The number of aromatic nitrogens is 2. The number of hydrogen-bond donors (Lipinski definition) is 2. The van der Waals surface area contributed by atoms with Gasteiger partial charge in [-0.1, -0.05) is 20.8 Å². The second-order valence-corrected chi connectivity index (χ2v) is 5.77. The van der Waals surface area contributed by atoms with Crippen LogP contribution in [0, 0.1) is 11.7 Å². The third-order valence-corrected chi connectivity index (χ3v) is 3.76. The Morgan fingerprint density at radius 3 is 2.57 bits per heavy atom. The summed E-state index contributed by atoms with van der Waals surface area (Å²) in [5.74, 6) is -0.516. The molecule has 1 atom stereocenters. The van der Waals surface area contributed by atoms with E-state index in [-0.39, 0.29) is 24.2 Å². The highest BCUT2D eigenvalue weighted by molar-refractivity contribution is 5.95. The standard InChI is InChI=1S/C17H22FN3O2/c1-4-15-14(17(23)19-10-16(22)11(2)3)9-20-21(15)13-7-5-12(18)6-8-13/h5-9,11,16,22H,4,10H2,1-3H3,(H,19,23). The Morgan fingerprint density at radius 1 is 1.35 bits per heavy atom. The van der Waals surface area contributed by atoms with Gasteiger partial charge in [-0.15, -0.1) is 0 Å². The summed E-state index contributed by atoms with van der Waals surface area (Å²) >= 11 is 0. The molecular formula is C17H22FN3O2. The molecular weight excluding hydrogens is 297 g/mol. The van der Waals surface area contributed by atoms with Gasteiger partial charge >= 0.3 is 0 Å². The number of halogens is 1. The summed E-state index contributed by atoms with van der Waals surface area (Å²) in [5.41, 5.74) is 1.91. The van der Waals surface area contributed by atoms with Crippen LogP contribution in [0.2, 0.25) is 0 Å². The fraction of sp³-hybridized carbons (Fsp3) is 0.412. The van der Waals surface area contributed by atoms with Crippen LogP contribution in [0.25, 0.3) is 5.69 Å². The molecule has 0 aliphatic heterocycles. The van der Waals surface area contributed by atoms with Gasteiger partial charge in [0, 0.05) is 6.54 Å². The van der Waals surface area contributed by atoms with Crippen molar-refractivity contribution in [1.29, 1.82) is 0 Å². The van der Waals surface area contributed by atoms with Crippen LogP contribution in [0.3, 0.4) is 0 Å². The number of nitrogens with zero attached hydrogens (tertiary/aromatic N) is 2. The maximum absolute atomic E-state index is 13.0. The Balaban J connectivity index is 2.20. The van der Waals surface area contributed by atoms with Crippen LogP contribution < -0.4 is 5.32 Å². The quantitative estimate of drug-likeness (QED) is 0.858. The lowest BCUT2D eigenvalue weighted by Gasteiger charge is -2.15. The molecule has 6 heteroatoms. The molecule has 0 spiro atoms. The fourth-order valence-electron chi connectivity index (χ4n) is 2.24. The number of carbonyl (C=O) groups excluding carboxylic acids is 1. The average molecular weight is 319 g/mol. The van der Waals surface area contributed by atoms with E-state index >= 15 is 0 Å².